The van der Waals surface area contributed by atoms with Crippen LogP contribution in [0.3, 0.4) is 0 Å². The van der Waals surface area contributed by atoms with Crippen molar-refractivity contribution in [2.24, 2.45) is 0 Å². The van der Waals surface area contributed by atoms with E-state index in [1.807, 2.05) is 6.92 Å². The molecule has 1 aliphatic heterocycles. The Hall–Kier alpha value is -0.920. The molecular formula is C14H18INO4. The van der Waals surface area contributed by atoms with E-state index in [0.29, 0.717) is 12.8 Å². The molecule has 0 aromatic carbocycles. The first-order chi connectivity index (χ1) is 9.50. The fourth-order valence-electron chi connectivity index (χ4n) is 2.72. The maximum Gasteiger partial charge on any atom is 0.321 e. The molecule has 1 aliphatic carbocycles. The Morgan fingerprint density at radius 3 is 2.40 bits per heavy atom. The quantitative estimate of drug-likeness (QED) is 0.312. The van der Waals surface area contributed by atoms with Crippen LogP contribution in [0, 0.1) is 0 Å². The number of ether oxygens (including phenoxy) is 1. The molecule has 1 saturated carbocycles. The Morgan fingerprint density at radius 1 is 1.35 bits per heavy atom. The van der Waals surface area contributed by atoms with Crippen LogP contribution in [-0.2, 0) is 19.1 Å². The van der Waals surface area contributed by atoms with Crippen molar-refractivity contribution in [3.05, 3.63) is 12.2 Å². The Balaban J connectivity index is 2.16. The minimum Gasteiger partial charge on any atom is -0.438 e. The molecule has 2 amide bonds. The van der Waals surface area contributed by atoms with Gasteiger partial charge in [-0.05, 0) is 19.3 Å². The second kappa shape index (κ2) is 6.24. The fraction of sp³-hybridized carbons (Fsp3) is 0.643. The van der Waals surface area contributed by atoms with Gasteiger partial charge < -0.3 is 4.74 Å². The minimum atomic E-state index is -1.06. The van der Waals surface area contributed by atoms with Gasteiger partial charge in [0.2, 0.25) is 0 Å². The number of esters is 1. The topological polar surface area (TPSA) is 63.7 Å². The van der Waals surface area contributed by atoms with Gasteiger partial charge in [0.15, 0.2) is 5.72 Å². The molecule has 0 bridgehead atoms. The molecule has 0 aromatic rings. The van der Waals surface area contributed by atoms with Crippen LogP contribution in [0.15, 0.2) is 12.2 Å². The van der Waals surface area contributed by atoms with Crippen molar-refractivity contribution < 1.29 is 19.1 Å². The van der Waals surface area contributed by atoms with E-state index >= 15 is 0 Å². The molecule has 0 spiro atoms. The number of alkyl halides is 1. The Labute approximate surface area is 131 Å². The summed E-state index contributed by atoms with van der Waals surface area (Å²) in [6.45, 7) is 2.00. The fourth-order valence-corrected chi connectivity index (χ4v) is 3.47. The van der Waals surface area contributed by atoms with Crippen LogP contribution in [0.1, 0.15) is 45.4 Å². The number of amides is 2. The van der Waals surface area contributed by atoms with E-state index in [4.69, 9.17) is 4.74 Å². The van der Waals surface area contributed by atoms with E-state index in [9.17, 15) is 14.4 Å². The number of carbonyl (C=O) groups excluding carboxylic acids is 3. The maximum absolute atomic E-state index is 12.2. The molecule has 0 radical (unpaired) electrons. The SMILES string of the molecule is CCCC(I)C(=O)OC1(N2C(=O)C=CC2=O)CCCC1. The first-order valence-electron chi connectivity index (χ1n) is 6.93. The third-order valence-electron chi connectivity index (χ3n) is 3.69. The van der Waals surface area contributed by atoms with Crippen molar-refractivity contribution in [2.45, 2.75) is 55.1 Å². The standard InChI is InChI=1S/C14H18INO4/c1-2-5-10(15)13(19)20-14(8-3-4-9-14)16-11(17)6-7-12(16)18/h6-7,10H,2-5,8-9H2,1H3. The average Bonchev–Trinajstić information content (AvgIpc) is 2.98. The summed E-state index contributed by atoms with van der Waals surface area (Å²) in [5.74, 6) is -1.10. The highest BCUT2D eigenvalue weighted by Crippen LogP contribution is 2.39. The van der Waals surface area contributed by atoms with Gasteiger partial charge in [0.1, 0.15) is 3.92 Å². The molecular weight excluding hydrogens is 373 g/mol. The van der Waals surface area contributed by atoms with Crippen LogP contribution in [-0.4, -0.2) is 32.3 Å². The van der Waals surface area contributed by atoms with Gasteiger partial charge in [0, 0.05) is 25.0 Å². The van der Waals surface area contributed by atoms with Crippen LogP contribution in [0.25, 0.3) is 0 Å². The molecule has 20 heavy (non-hydrogen) atoms. The van der Waals surface area contributed by atoms with Gasteiger partial charge in [-0.25, -0.2) is 4.90 Å². The number of hydrogen-bond donors (Lipinski definition) is 0. The summed E-state index contributed by atoms with van der Waals surface area (Å²) in [5, 5.41) is 0. The smallest absolute Gasteiger partial charge is 0.321 e. The molecule has 2 aliphatic rings. The number of hydrogen-bond acceptors (Lipinski definition) is 4. The summed E-state index contributed by atoms with van der Waals surface area (Å²) in [7, 11) is 0. The molecule has 1 heterocycles. The van der Waals surface area contributed by atoms with Crippen LogP contribution < -0.4 is 0 Å². The lowest BCUT2D eigenvalue weighted by molar-refractivity contribution is -0.187. The Morgan fingerprint density at radius 2 is 1.90 bits per heavy atom. The Bertz CT molecular complexity index is 436. The normalized spacial score (nSPS) is 22.4. The molecule has 0 N–H and O–H groups in total. The van der Waals surface area contributed by atoms with E-state index in [1.165, 1.54) is 12.2 Å². The van der Waals surface area contributed by atoms with Crippen LogP contribution in [0.5, 0.6) is 0 Å². The zero-order chi connectivity index (χ0) is 14.8. The lowest BCUT2D eigenvalue weighted by Crippen LogP contribution is -2.53. The average molecular weight is 391 g/mol. The third kappa shape index (κ3) is 2.89. The molecule has 2 rings (SSSR count). The van der Waals surface area contributed by atoms with Crippen LogP contribution in [0.4, 0.5) is 0 Å². The van der Waals surface area contributed by atoms with E-state index < -0.39 is 5.72 Å². The van der Waals surface area contributed by atoms with Crippen LogP contribution >= 0.6 is 22.6 Å². The molecule has 110 valence electrons. The lowest BCUT2D eigenvalue weighted by Gasteiger charge is -2.36. The van der Waals surface area contributed by atoms with E-state index in [0.717, 1.165) is 30.6 Å². The van der Waals surface area contributed by atoms with Gasteiger partial charge in [-0.2, -0.15) is 0 Å². The summed E-state index contributed by atoms with van der Waals surface area (Å²) in [6, 6.07) is 0. The van der Waals surface area contributed by atoms with Crippen molar-refractivity contribution in [3.63, 3.8) is 0 Å². The molecule has 5 nitrogen and oxygen atoms in total. The van der Waals surface area contributed by atoms with E-state index in [1.54, 1.807) is 0 Å². The maximum atomic E-state index is 12.2. The third-order valence-corrected chi connectivity index (χ3v) is 4.82. The van der Waals surface area contributed by atoms with Gasteiger partial charge in [0.05, 0.1) is 0 Å². The predicted molar refractivity (Wildman–Crippen MR) is 81.0 cm³/mol. The number of imide groups is 1. The minimum absolute atomic E-state index is 0.240. The van der Waals surface area contributed by atoms with Crippen molar-refractivity contribution in [1.82, 2.24) is 4.90 Å². The molecule has 0 aromatic heterocycles. The lowest BCUT2D eigenvalue weighted by atomic mass is 10.1. The molecule has 1 fully saturated rings. The second-order valence-corrected chi connectivity index (χ2v) is 6.68. The summed E-state index contributed by atoms with van der Waals surface area (Å²) in [5.41, 5.74) is -1.06. The van der Waals surface area contributed by atoms with Crippen molar-refractivity contribution in [2.75, 3.05) is 0 Å². The first-order valence-corrected chi connectivity index (χ1v) is 8.18. The highest BCUT2D eigenvalue weighted by Gasteiger charge is 2.49. The monoisotopic (exact) mass is 391 g/mol. The molecule has 0 saturated heterocycles. The number of nitrogens with zero attached hydrogens (tertiary/aromatic N) is 1. The van der Waals surface area contributed by atoms with Crippen LogP contribution in [0.2, 0.25) is 0 Å². The largest absolute Gasteiger partial charge is 0.438 e. The number of halogens is 1. The zero-order valence-corrected chi connectivity index (χ0v) is 13.6. The first kappa shape index (κ1) is 15.5. The number of rotatable bonds is 5. The summed E-state index contributed by atoms with van der Waals surface area (Å²) in [4.78, 5) is 37.0. The van der Waals surface area contributed by atoms with E-state index in [-0.39, 0.29) is 21.7 Å². The molecule has 1 atom stereocenters. The van der Waals surface area contributed by atoms with Gasteiger partial charge in [0.25, 0.3) is 11.8 Å². The number of carbonyl (C=O) groups is 3. The van der Waals surface area contributed by atoms with Gasteiger partial charge in [-0.1, -0.05) is 35.9 Å². The summed E-state index contributed by atoms with van der Waals surface area (Å²) in [6.07, 6.45) is 6.87. The van der Waals surface area contributed by atoms with Gasteiger partial charge >= 0.3 is 5.97 Å². The summed E-state index contributed by atoms with van der Waals surface area (Å²) < 4.78 is 5.40. The predicted octanol–water partition coefficient (Wildman–Crippen LogP) is 2.33. The molecule has 1 unspecified atom stereocenters. The van der Waals surface area contributed by atoms with Crippen molar-refractivity contribution >= 4 is 40.4 Å². The highest BCUT2D eigenvalue weighted by atomic mass is 127. The van der Waals surface area contributed by atoms with Crippen molar-refractivity contribution in [1.29, 1.82) is 0 Å². The second-order valence-electron chi connectivity index (χ2n) is 5.18. The van der Waals surface area contributed by atoms with E-state index in [2.05, 4.69) is 22.6 Å². The Kier molecular flexibility index (Phi) is 4.82. The summed E-state index contributed by atoms with van der Waals surface area (Å²) >= 11 is 2.06. The zero-order valence-electron chi connectivity index (χ0n) is 11.4. The molecule has 6 heteroatoms. The highest BCUT2D eigenvalue weighted by molar-refractivity contribution is 14.1. The van der Waals surface area contributed by atoms with Crippen molar-refractivity contribution in [3.8, 4) is 0 Å². The van der Waals surface area contributed by atoms with Gasteiger partial charge in [-0.15, -0.1) is 0 Å². The van der Waals surface area contributed by atoms with Gasteiger partial charge in [-0.3, -0.25) is 14.4 Å².